The molecule has 1 amide bonds. The van der Waals surface area contributed by atoms with Crippen LogP contribution in [0.2, 0.25) is 0 Å². The van der Waals surface area contributed by atoms with Crippen LogP contribution in [0.25, 0.3) is 0 Å². The Morgan fingerprint density at radius 3 is 2.58 bits per heavy atom. The molecule has 4 N–H and O–H groups in total. The van der Waals surface area contributed by atoms with Crippen molar-refractivity contribution in [1.29, 1.82) is 0 Å². The minimum Gasteiger partial charge on any atom is -0.481 e. The van der Waals surface area contributed by atoms with Gasteiger partial charge in [-0.15, -0.1) is 0 Å². The van der Waals surface area contributed by atoms with Crippen molar-refractivity contribution in [1.82, 2.24) is 10.3 Å². The van der Waals surface area contributed by atoms with E-state index in [1.165, 1.54) is 0 Å². The molecule has 1 aliphatic carbocycles. The number of pyridine rings is 1. The lowest BCUT2D eigenvalue weighted by atomic mass is 9.86. The number of anilines is 2. The number of carbonyl (C=O) groups excluding carboxylic acids is 1. The summed E-state index contributed by atoms with van der Waals surface area (Å²) in [6, 6.07) is 3.66. The van der Waals surface area contributed by atoms with E-state index in [9.17, 15) is 4.79 Å². The molecule has 0 unspecified atom stereocenters. The van der Waals surface area contributed by atoms with Crippen LogP contribution in [0.4, 0.5) is 16.3 Å². The van der Waals surface area contributed by atoms with Crippen molar-refractivity contribution in [2.24, 2.45) is 5.92 Å². The SMILES string of the molecule is COc1ccc(N)c(N/C=C/C2CCC(NC(=O)OC(C)(C)C)CC2)n1. The number of hydrogen-bond acceptors (Lipinski definition) is 6. The largest absolute Gasteiger partial charge is 0.481 e. The first-order valence-corrected chi connectivity index (χ1v) is 9.00. The summed E-state index contributed by atoms with van der Waals surface area (Å²) in [7, 11) is 1.57. The number of nitrogen functional groups attached to an aromatic ring is 1. The number of nitrogens with two attached hydrogens (primary N) is 1. The zero-order valence-electron chi connectivity index (χ0n) is 16.0. The Bertz CT molecular complexity index is 632. The Morgan fingerprint density at radius 2 is 1.96 bits per heavy atom. The second-order valence-electron chi connectivity index (χ2n) is 7.55. The lowest BCUT2D eigenvalue weighted by Gasteiger charge is -2.28. The molecular weight excluding hydrogens is 332 g/mol. The van der Waals surface area contributed by atoms with Crippen LogP contribution in [0, 0.1) is 5.92 Å². The maximum Gasteiger partial charge on any atom is 0.407 e. The molecule has 0 bridgehead atoms. The molecule has 1 aromatic heterocycles. The zero-order valence-corrected chi connectivity index (χ0v) is 16.0. The first-order chi connectivity index (χ1) is 12.3. The number of amides is 1. The van der Waals surface area contributed by atoms with Gasteiger partial charge in [-0.2, -0.15) is 4.98 Å². The third kappa shape index (κ3) is 6.46. The molecule has 1 heterocycles. The van der Waals surface area contributed by atoms with Crippen LogP contribution in [0.5, 0.6) is 5.88 Å². The number of nitrogens with zero attached hydrogens (tertiary/aromatic N) is 1. The Labute approximate surface area is 155 Å². The molecule has 0 spiro atoms. The molecule has 0 aliphatic heterocycles. The topological polar surface area (TPSA) is 98.5 Å². The molecule has 144 valence electrons. The van der Waals surface area contributed by atoms with Crippen LogP contribution in [0.15, 0.2) is 24.4 Å². The third-order valence-electron chi connectivity index (χ3n) is 4.19. The highest BCUT2D eigenvalue weighted by Gasteiger charge is 2.23. The second kappa shape index (κ2) is 8.78. The Kier molecular flexibility index (Phi) is 6.71. The summed E-state index contributed by atoms with van der Waals surface area (Å²) in [5.74, 6) is 1.57. The summed E-state index contributed by atoms with van der Waals surface area (Å²) < 4.78 is 10.4. The quantitative estimate of drug-likeness (QED) is 0.739. The van der Waals surface area contributed by atoms with Crippen molar-refractivity contribution in [2.45, 2.75) is 58.1 Å². The predicted octanol–water partition coefficient (Wildman–Crippen LogP) is 3.68. The highest BCUT2D eigenvalue weighted by molar-refractivity contribution is 5.68. The fraction of sp³-hybridized carbons (Fsp3) is 0.579. The Hall–Kier alpha value is -2.44. The summed E-state index contributed by atoms with van der Waals surface area (Å²) in [5, 5.41) is 6.07. The van der Waals surface area contributed by atoms with Gasteiger partial charge in [-0.3, -0.25) is 0 Å². The van der Waals surface area contributed by atoms with Gasteiger partial charge in [0.25, 0.3) is 0 Å². The van der Waals surface area contributed by atoms with E-state index in [4.69, 9.17) is 15.2 Å². The normalized spacial score (nSPS) is 20.6. The molecule has 0 atom stereocenters. The van der Waals surface area contributed by atoms with Gasteiger partial charge in [-0.25, -0.2) is 4.79 Å². The van der Waals surface area contributed by atoms with E-state index in [0.717, 1.165) is 25.7 Å². The number of nitrogens with one attached hydrogen (secondary N) is 2. The molecule has 2 rings (SSSR count). The average Bonchev–Trinajstić information content (AvgIpc) is 2.56. The average molecular weight is 362 g/mol. The number of carbonyl (C=O) groups is 1. The van der Waals surface area contributed by atoms with Crippen molar-refractivity contribution < 1.29 is 14.3 Å². The van der Waals surface area contributed by atoms with E-state index < -0.39 is 5.60 Å². The van der Waals surface area contributed by atoms with E-state index in [-0.39, 0.29) is 12.1 Å². The van der Waals surface area contributed by atoms with Gasteiger partial charge in [0, 0.05) is 12.1 Å². The monoisotopic (exact) mass is 362 g/mol. The van der Waals surface area contributed by atoms with Crippen LogP contribution in [0.3, 0.4) is 0 Å². The lowest BCUT2D eigenvalue weighted by Crippen LogP contribution is -2.40. The van der Waals surface area contributed by atoms with Crippen molar-refractivity contribution >= 4 is 17.6 Å². The van der Waals surface area contributed by atoms with Crippen molar-refractivity contribution in [3.63, 3.8) is 0 Å². The van der Waals surface area contributed by atoms with Crippen LogP contribution in [-0.4, -0.2) is 29.8 Å². The lowest BCUT2D eigenvalue weighted by molar-refractivity contribution is 0.0490. The second-order valence-corrected chi connectivity index (χ2v) is 7.55. The first-order valence-electron chi connectivity index (χ1n) is 9.00. The summed E-state index contributed by atoms with van der Waals surface area (Å²) in [4.78, 5) is 16.1. The standard InChI is InChI=1S/C19H30N4O3/c1-19(2,3)26-18(24)22-14-7-5-13(6-8-14)11-12-21-17-15(20)9-10-16(23-17)25-4/h9-14H,5-8,20H2,1-4H3,(H,21,23)(H,22,24)/b12-11+. The number of ether oxygens (including phenoxy) is 2. The summed E-state index contributed by atoms with van der Waals surface area (Å²) in [6.45, 7) is 5.60. The summed E-state index contributed by atoms with van der Waals surface area (Å²) in [6.07, 6.45) is 7.58. The molecule has 1 aliphatic rings. The Morgan fingerprint density at radius 1 is 1.27 bits per heavy atom. The van der Waals surface area contributed by atoms with Crippen LogP contribution in [-0.2, 0) is 4.74 Å². The molecular formula is C19H30N4O3. The highest BCUT2D eigenvalue weighted by Crippen LogP contribution is 2.26. The molecule has 1 saturated carbocycles. The van der Waals surface area contributed by atoms with E-state index in [0.29, 0.717) is 23.3 Å². The predicted molar refractivity (Wildman–Crippen MR) is 103 cm³/mol. The van der Waals surface area contributed by atoms with Crippen molar-refractivity contribution in [3.8, 4) is 5.88 Å². The molecule has 1 aromatic rings. The summed E-state index contributed by atoms with van der Waals surface area (Å²) >= 11 is 0. The van der Waals surface area contributed by atoms with Gasteiger partial charge in [0.05, 0.1) is 12.8 Å². The number of aromatic nitrogens is 1. The van der Waals surface area contributed by atoms with E-state index in [1.54, 1.807) is 19.2 Å². The number of rotatable bonds is 5. The molecule has 26 heavy (non-hydrogen) atoms. The van der Waals surface area contributed by atoms with Crippen molar-refractivity contribution in [2.75, 3.05) is 18.2 Å². The van der Waals surface area contributed by atoms with Crippen LogP contribution in [0.1, 0.15) is 46.5 Å². The number of hydrogen-bond donors (Lipinski definition) is 3. The fourth-order valence-electron chi connectivity index (χ4n) is 2.87. The number of alkyl carbamates (subject to hydrolysis) is 1. The smallest absolute Gasteiger partial charge is 0.407 e. The molecule has 0 saturated heterocycles. The van der Waals surface area contributed by atoms with E-state index in [2.05, 4.69) is 21.7 Å². The van der Waals surface area contributed by atoms with Gasteiger partial charge in [0.2, 0.25) is 5.88 Å². The Balaban J connectivity index is 1.76. The minimum absolute atomic E-state index is 0.179. The van der Waals surface area contributed by atoms with E-state index >= 15 is 0 Å². The van der Waals surface area contributed by atoms with Crippen molar-refractivity contribution in [3.05, 3.63) is 24.4 Å². The first kappa shape index (κ1) is 19.9. The van der Waals surface area contributed by atoms with Crippen LogP contribution >= 0.6 is 0 Å². The molecule has 0 aromatic carbocycles. The fourth-order valence-corrected chi connectivity index (χ4v) is 2.87. The highest BCUT2D eigenvalue weighted by atomic mass is 16.6. The molecule has 0 radical (unpaired) electrons. The third-order valence-corrected chi connectivity index (χ3v) is 4.19. The summed E-state index contributed by atoms with van der Waals surface area (Å²) in [5.41, 5.74) is 6.01. The molecule has 7 nitrogen and oxygen atoms in total. The minimum atomic E-state index is -0.467. The van der Waals surface area contributed by atoms with Gasteiger partial charge < -0.3 is 25.8 Å². The van der Waals surface area contributed by atoms with Gasteiger partial charge in [-0.05, 0) is 64.6 Å². The zero-order chi connectivity index (χ0) is 19.2. The van der Waals surface area contributed by atoms with Gasteiger partial charge >= 0.3 is 6.09 Å². The van der Waals surface area contributed by atoms with E-state index in [1.807, 2.05) is 27.0 Å². The van der Waals surface area contributed by atoms with Gasteiger partial charge in [0.15, 0.2) is 5.82 Å². The maximum atomic E-state index is 11.8. The van der Waals surface area contributed by atoms with Crippen LogP contribution < -0.4 is 21.1 Å². The molecule has 7 heteroatoms. The number of allylic oxidation sites excluding steroid dienone is 1. The maximum absolute atomic E-state index is 11.8. The number of methoxy groups -OCH3 is 1. The molecule has 1 fully saturated rings. The van der Waals surface area contributed by atoms with Gasteiger partial charge in [0.1, 0.15) is 5.60 Å². The van der Waals surface area contributed by atoms with Gasteiger partial charge in [-0.1, -0.05) is 6.08 Å².